The van der Waals surface area contributed by atoms with Crippen LogP contribution in [0, 0.1) is 3.83 Å². The number of hydrogen-bond acceptors (Lipinski definition) is 3. The summed E-state index contributed by atoms with van der Waals surface area (Å²) in [6.07, 6.45) is 3.47. The zero-order valence-electron chi connectivity index (χ0n) is 9.53. The minimum atomic E-state index is -1.23. The SMILES string of the molecule is CC(OCOn1ccnc1I)[Si](C)(C)C. The number of aromatic nitrogens is 2. The molecule has 86 valence electrons. The Labute approximate surface area is 105 Å². The topological polar surface area (TPSA) is 36.3 Å². The Morgan fingerprint density at radius 1 is 1.53 bits per heavy atom. The second kappa shape index (κ2) is 5.31. The molecule has 4 nitrogen and oxygen atoms in total. The molecule has 0 saturated heterocycles. The highest BCUT2D eigenvalue weighted by Gasteiger charge is 2.23. The van der Waals surface area contributed by atoms with Crippen LogP contribution in [0.15, 0.2) is 12.4 Å². The zero-order chi connectivity index (χ0) is 11.5. The average Bonchev–Trinajstić information content (AvgIpc) is 2.50. The summed E-state index contributed by atoms with van der Waals surface area (Å²) in [5.74, 6) is 0. The molecule has 1 atom stereocenters. The lowest BCUT2D eigenvalue weighted by atomic mass is 10.8. The molecule has 15 heavy (non-hydrogen) atoms. The Bertz CT molecular complexity index is 311. The van der Waals surface area contributed by atoms with Crippen molar-refractivity contribution < 1.29 is 9.57 Å². The summed E-state index contributed by atoms with van der Waals surface area (Å²) in [7, 11) is -1.23. The lowest BCUT2D eigenvalue weighted by Crippen LogP contribution is -2.39. The fourth-order valence-corrected chi connectivity index (χ4v) is 1.84. The van der Waals surface area contributed by atoms with Gasteiger partial charge in [-0.15, -0.1) is 0 Å². The molecule has 6 heteroatoms. The second-order valence-corrected chi connectivity index (χ2v) is 11.0. The molecule has 1 rings (SSSR count). The van der Waals surface area contributed by atoms with Gasteiger partial charge in [-0.25, -0.2) is 4.98 Å². The molecule has 0 aliphatic rings. The van der Waals surface area contributed by atoms with Gasteiger partial charge in [0.1, 0.15) is 0 Å². The first-order chi connectivity index (χ1) is 6.91. The fraction of sp³-hybridized carbons (Fsp3) is 0.667. The first-order valence-electron chi connectivity index (χ1n) is 4.85. The quantitative estimate of drug-likeness (QED) is 0.468. The zero-order valence-corrected chi connectivity index (χ0v) is 12.7. The van der Waals surface area contributed by atoms with E-state index in [1.807, 2.05) is 0 Å². The second-order valence-electron chi connectivity index (χ2n) is 4.44. The van der Waals surface area contributed by atoms with Crippen molar-refractivity contribution >= 4 is 30.7 Å². The van der Waals surface area contributed by atoms with E-state index in [9.17, 15) is 0 Å². The van der Waals surface area contributed by atoms with Crippen LogP contribution in [0.3, 0.4) is 0 Å². The van der Waals surface area contributed by atoms with Crippen molar-refractivity contribution in [3.05, 3.63) is 16.2 Å². The lowest BCUT2D eigenvalue weighted by Gasteiger charge is -2.24. The van der Waals surface area contributed by atoms with E-state index in [4.69, 9.17) is 9.57 Å². The number of rotatable bonds is 5. The molecule has 0 bridgehead atoms. The van der Waals surface area contributed by atoms with Crippen molar-refractivity contribution in [2.75, 3.05) is 6.79 Å². The van der Waals surface area contributed by atoms with Crippen LogP contribution in [-0.4, -0.2) is 30.3 Å². The highest BCUT2D eigenvalue weighted by atomic mass is 127. The van der Waals surface area contributed by atoms with Crippen molar-refractivity contribution in [3.63, 3.8) is 0 Å². The van der Waals surface area contributed by atoms with Gasteiger partial charge < -0.3 is 9.57 Å². The smallest absolute Gasteiger partial charge is 0.214 e. The van der Waals surface area contributed by atoms with Gasteiger partial charge in [0.05, 0.1) is 14.3 Å². The Hall–Kier alpha value is -0.0831. The normalized spacial score (nSPS) is 13.9. The van der Waals surface area contributed by atoms with Crippen molar-refractivity contribution in [3.8, 4) is 0 Å². The van der Waals surface area contributed by atoms with Crippen LogP contribution in [0.1, 0.15) is 6.92 Å². The van der Waals surface area contributed by atoms with Gasteiger partial charge >= 0.3 is 0 Å². The Balaban J connectivity index is 2.31. The van der Waals surface area contributed by atoms with E-state index in [2.05, 4.69) is 54.1 Å². The number of nitrogens with zero attached hydrogens (tertiary/aromatic N) is 2. The third-order valence-electron chi connectivity index (χ3n) is 2.29. The van der Waals surface area contributed by atoms with Crippen molar-refractivity contribution in [2.24, 2.45) is 0 Å². The first-order valence-corrected chi connectivity index (χ1v) is 9.50. The van der Waals surface area contributed by atoms with Crippen LogP contribution < -0.4 is 4.84 Å². The standard InChI is InChI=1S/C9H17IN2O2Si/c1-8(15(2,3)4)13-7-14-12-6-5-11-9(12)10/h5-6,8H,7H2,1-4H3. The molecule has 0 spiro atoms. The molecule has 1 heterocycles. The molecule has 0 aromatic carbocycles. The number of ether oxygens (including phenoxy) is 1. The average molecular weight is 340 g/mol. The summed E-state index contributed by atoms with van der Waals surface area (Å²) in [6, 6.07) is 0. The molecule has 0 aliphatic carbocycles. The van der Waals surface area contributed by atoms with Gasteiger partial charge in [0, 0.05) is 34.5 Å². The highest BCUT2D eigenvalue weighted by Crippen LogP contribution is 2.10. The number of hydrogen-bond donors (Lipinski definition) is 0. The Morgan fingerprint density at radius 3 is 2.67 bits per heavy atom. The summed E-state index contributed by atoms with van der Waals surface area (Å²) in [5.41, 5.74) is 0.290. The van der Waals surface area contributed by atoms with Gasteiger partial charge in [-0.2, -0.15) is 4.73 Å². The lowest BCUT2D eigenvalue weighted by molar-refractivity contribution is -0.0720. The molecule has 0 N–H and O–H groups in total. The van der Waals surface area contributed by atoms with Gasteiger partial charge in [-0.05, 0) is 6.92 Å². The van der Waals surface area contributed by atoms with Crippen LogP contribution in [0.5, 0.6) is 0 Å². The summed E-state index contributed by atoms with van der Waals surface area (Å²) in [4.78, 5) is 9.43. The maximum atomic E-state index is 5.62. The van der Waals surface area contributed by atoms with E-state index >= 15 is 0 Å². The van der Waals surface area contributed by atoms with Gasteiger partial charge in [0.25, 0.3) is 0 Å². The van der Waals surface area contributed by atoms with Gasteiger partial charge in [-0.3, -0.25) is 0 Å². The monoisotopic (exact) mass is 340 g/mol. The summed E-state index contributed by atoms with van der Waals surface area (Å²) in [6.45, 7) is 9.21. The van der Waals surface area contributed by atoms with Crippen LogP contribution in [-0.2, 0) is 4.74 Å². The largest absolute Gasteiger partial charge is 0.383 e. The van der Waals surface area contributed by atoms with E-state index in [1.54, 1.807) is 17.1 Å². The third-order valence-corrected chi connectivity index (χ3v) is 5.65. The third kappa shape index (κ3) is 4.11. The predicted octanol–water partition coefficient (Wildman–Crippen LogP) is 2.16. The molecule has 1 aromatic rings. The van der Waals surface area contributed by atoms with Crippen LogP contribution >= 0.6 is 22.6 Å². The molecule has 0 radical (unpaired) electrons. The number of halogens is 1. The van der Waals surface area contributed by atoms with E-state index in [0.29, 0.717) is 5.73 Å². The molecular formula is C9H17IN2O2Si. The first kappa shape index (κ1) is 13.0. The molecule has 0 fully saturated rings. The van der Waals surface area contributed by atoms with Gasteiger partial charge in [0.2, 0.25) is 10.6 Å². The highest BCUT2D eigenvalue weighted by molar-refractivity contribution is 14.1. The van der Waals surface area contributed by atoms with Crippen molar-refractivity contribution in [1.29, 1.82) is 0 Å². The van der Waals surface area contributed by atoms with E-state index in [0.717, 1.165) is 3.83 Å². The summed E-state index contributed by atoms with van der Waals surface area (Å²) < 4.78 is 8.03. The molecule has 0 saturated carbocycles. The van der Waals surface area contributed by atoms with Crippen LogP contribution in [0.25, 0.3) is 0 Å². The van der Waals surface area contributed by atoms with Crippen molar-refractivity contribution in [1.82, 2.24) is 9.71 Å². The fourth-order valence-electron chi connectivity index (χ4n) is 0.809. The van der Waals surface area contributed by atoms with Gasteiger partial charge in [0.15, 0.2) is 0 Å². The summed E-state index contributed by atoms with van der Waals surface area (Å²) >= 11 is 2.11. The molecular weight excluding hydrogens is 323 g/mol. The Kier molecular flexibility index (Phi) is 4.59. The maximum absolute atomic E-state index is 5.62. The van der Waals surface area contributed by atoms with Gasteiger partial charge in [-0.1, -0.05) is 19.6 Å². The summed E-state index contributed by atoms with van der Waals surface area (Å²) in [5, 5.41) is 0. The number of imidazole rings is 1. The Morgan fingerprint density at radius 2 is 2.20 bits per heavy atom. The van der Waals surface area contributed by atoms with E-state index < -0.39 is 8.07 Å². The molecule has 0 amide bonds. The van der Waals surface area contributed by atoms with Crippen LogP contribution in [0.2, 0.25) is 19.6 Å². The molecule has 1 unspecified atom stereocenters. The minimum Gasteiger partial charge on any atom is -0.383 e. The molecule has 1 aromatic heterocycles. The van der Waals surface area contributed by atoms with Crippen LogP contribution in [0.4, 0.5) is 0 Å². The predicted molar refractivity (Wildman–Crippen MR) is 70.3 cm³/mol. The van der Waals surface area contributed by atoms with Crippen molar-refractivity contribution in [2.45, 2.75) is 32.3 Å². The molecule has 0 aliphatic heterocycles. The van der Waals surface area contributed by atoms with E-state index in [-0.39, 0.29) is 6.79 Å². The minimum absolute atomic E-state index is 0.276. The van der Waals surface area contributed by atoms with E-state index in [1.165, 1.54) is 0 Å². The maximum Gasteiger partial charge on any atom is 0.214 e.